The van der Waals surface area contributed by atoms with E-state index in [0.29, 0.717) is 11.8 Å². The molecule has 62 valence electrons. The Morgan fingerprint density at radius 3 is 2.36 bits per heavy atom. The maximum atomic E-state index is 4.33. The Labute approximate surface area is 84.7 Å². The Hall–Kier alpha value is 0.290. The lowest BCUT2D eigenvalue weighted by atomic mass is 9.99. The fourth-order valence-corrected chi connectivity index (χ4v) is 2.18. The molecular formula is C7H11IN2S. The second-order valence-corrected chi connectivity index (χ2v) is 4.68. The minimum atomic E-state index is 0.538. The van der Waals surface area contributed by atoms with E-state index in [0.717, 1.165) is 8.84 Å². The van der Waals surface area contributed by atoms with Crippen LogP contribution in [-0.2, 0) is 0 Å². The average molecular weight is 282 g/mol. The second-order valence-electron chi connectivity index (χ2n) is 2.93. The van der Waals surface area contributed by atoms with Crippen LogP contribution in [0, 0.1) is 9.75 Å². The highest BCUT2D eigenvalue weighted by molar-refractivity contribution is 14.1. The molecule has 1 aromatic heterocycles. The summed E-state index contributed by atoms with van der Waals surface area (Å²) in [6.07, 6.45) is 0. The van der Waals surface area contributed by atoms with Gasteiger partial charge in [-0.3, -0.25) is 0 Å². The highest BCUT2D eigenvalue weighted by Crippen LogP contribution is 2.24. The van der Waals surface area contributed by atoms with Crippen molar-refractivity contribution in [2.45, 2.75) is 26.7 Å². The summed E-state index contributed by atoms with van der Waals surface area (Å²) in [5.74, 6) is 1.19. The molecule has 1 rings (SSSR count). The Morgan fingerprint density at radius 1 is 1.36 bits per heavy atom. The third-order valence-electron chi connectivity index (χ3n) is 1.81. The summed E-state index contributed by atoms with van der Waals surface area (Å²) in [6.45, 7) is 6.61. The summed E-state index contributed by atoms with van der Waals surface area (Å²) in [6, 6.07) is 0. The molecule has 0 radical (unpaired) electrons. The van der Waals surface area contributed by atoms with Crippen LogP contribution in [0.15, 0.2) is 0 Å². The number of aromatic nitrogens is 2. The molecule has 0 saturated carbocycles. The summed E-state index contributed by atoms with van der Waals surface area (Å²) in [7, 11) is 0. The molecule has 0 spiro atoms. The van der Waals surface area contributed by atoms with E-state index in [4.69, 9.17) is 0 Å². The number of hydrogen-bond acceptors (Lipinski definition) is 3. The van der Waals surface area contributed by atoms with Crippen LogP contribution in [0.2, 0.25) is 0 Å². The van der Waals surface area contributed by atoms with Crippen LogP contribution < -0.4 is 0 Å². The molecular weight excluding hydrogens is 271 g/mol. The number of hydrogen-bond donors (Lipinski definition) is 0. The average Bonchev–Trinajstić information content (AvgIpc) is 2.34. The van der Waals surface area contributed by atoms with Gasteiger partial charge in [-0.1, -0.05) is 20.8 Å². The zero-order valence-corrected chi connectivity index (χ0v) is 9.81. The Bertz CT molecular complexity index is 234. The van der Waals surface area contributed by atoms with Crippen LogP contribution in [0.4, 0.5) is 0 Å². The van der Waals surface area contributed by atoms with Crippen molar-refractivity contribution in [3.8, 4) is 0 Å². The van der Waals surface area contributed by atoms with Gasteiger partial charge in [0, 0.05) is 28.5 Å². The summed E-state index contributed by atoms with van der Waals surface area (Å²) >= 11 is 3.66. The van der Waals surface area contributed by atoms with Crippen molar-refractivity contribution >= 4 is 34.1 Å². The Morgan fingerprint density at radius 2 is 2.00 bits per heavy atom. The van der Waals surface area contributed by atoms with Gasteiger partial charge in [-0.05, 0) is 17.5 Å². The van der Waals surface area contributed by atoms with Gasteiger partial charge in [-0.15, -0.1) is 0 Å². The summed E-state index contributed by atoms with van der Waals surface area (Å²) in [5.41, 5.74) is 0. The first-order valence-electron chi connectivity index (χ1n) is 3.60. The van der Waals surface area contributed by atoms with Crippen molar-refractivity contribution in [2.24, 2.45) is 5.92 Å². The van der Waals surface area contributed by atoms with Gasteiger partial charge >= 0.3 is 0 Å². The summed E-state index contributed by atoms with van der Waals surface area (Å²) in [5, 5.41) is 1.16. The zero-order chi connectivity index (χ0) is 8.43. The van der Waals surface area contributed by atoms with Gasteiger partial charge in [0.25, 0.3) is 0 Å². The number of rotatable bonds is 2. The Kier molecular flexibility index (Phi) is 3.24. The minimum absolute atomic E-state index is 0.538. The molecule has 0 aromatic carbocycles. The lowest BCUT2D eigenvalue weighted by Crippen LogP contribution is -2.00. The minimum Gasteiger partial charge on any atom is -0.215 e. The molecule has 4 heteroatoms. The molecule has 0 bridgehead atoms. The van der Waals surface area contributed by atoms with Gasteiger partial charge in [0.2, 0.25) is 3.83 Å². The molecule has 0 N–H and O–H groups in total. The topological polar surface area (TPSA) is 25.8 Å². The SMILES string of the molecule is CC(C)C(C)c1nc(I)ns1. The molecule has 1 unspecified atom stereocenters. The largest absolute Gasteiger partial charge is 0.215 e. The first-order chi connectivity index (χ1) is 5.11. The van der Waals surface area contributed by atoms with E-state index >= 15 is 0 Å². The van der Waals surface area contributed by atoms with Crippen LogP contribution in [-0.4, -0.2) is 9.36 Å². The van der Waals surface area contributed by atoms with E-state index < -0.39 is 0 Å². The fourth-order valence-electron chi connectivity index (χ4n) is 0.686. The monoisotopic (exact) mass is 282 g/mol. The lowest BCUT2D eigenvalue weighted by Gasteiger charge is -2.10. The molecule has 1 heterocycles. The first-order valence-corrected chi connectivity index (χ1v) is 5.45. The molecule has 2 nitrogen and oxygen atoms in total. The Balaban J connectivity index is 2.76. The predicted molar refractivity (Wildman–Crippen MR) is 55.9 cm³/mol. The third-order valence-corrected chi connectivity index (χ3v) is 3.53. The van der Waals surface area contributed by atoms with Crippen LogP contribution in [0.3, 0.4) is 0 Å². The third kappa shape index (κ3) is 2.37. The molecule has 0 aliphatic heterocycles. The second kappa shape index (κ2) is 3.80. The van der Waals surface area contributed by atoms with Gasteiger partial charge in [-0.25, -0.2) is 4.98 Å². The van der Waals surface area contributed by atoms with Gasteiger partial charge in [0.1, 0.15) is 5.01 Å². The van der Waals surface area contributed by atoms with Crippen molar-refractivity contribution < 1.29 is 0 Å². The van der Waals surface area contributed by atoms with E-state index in [1.54, 1.807) is 0 Å². The van der Waals surface area contributed by atoms with Gasteiger partial charge < -0.3 is 0 Å². The summed E-state index contributed by atoms with van der Waals surface area (Å²) < 4.78 is 5.01. The maximum absolute atomic E-state index is 4.33. The normalized spacial score (nSPS) is 13.9. The van der Waals surface area contributed by atoms with Crippen molar-refractivity contribution in [1.82, 2.24) is 9.36 Å². The van der Waals surface area contributed by atoms with Crippen molar-refractivity contribution in [3.63, 3.8) is 0 Å². The van der Waals surface area contributed by atoms with Crippen molar-refractivity contribution in [3.05, 3.63) is 8.84 Å². The number of nitrogens with zero attached hydrogens (tertiary/aromatic N) is 2. The van der Waals surface area contributed by atoms with E-state index in [2.05, 4.69) is 52.7 Å². The zero-order valence-electron chi connectivity index (χ0n) is 6.84. The van der Waals surface area contributed by atoms with Crippen molar-refractivity contribution in [2.75, 3.05) is 0 Å². The van der Waals surface area contributed by atoms with E-state index in [-0.39, 0.29) is 0 Å². The lowest BCUT2D eigenvalue weighted by molar-refractivity contribution is 0.532. The van der Waals surface area contributed by atoms with Gasteiger partial charge in [0.05, 0.1) is 0 Å². The van der Waals surface area contributed by atoms with E-state index in [1.165, 1.54) is 11.5 Å². The van der Waals surface area contributed by atoms with E-state index in [9.17, 15) is 0 Å². The van der Waals surface area contributed by atoms with Crippen LogP contribution in [0.25, 0.3) is 0 Å². The number of halogens is 1. The molecule has 0 fully saturated rings. The van der Waals surface area contributed by atoms with Gasteiger partial charge in [0.15, 0.2) is 0 Å². The molecule has 1 aromatic rings. The molecule has 0 aliphatic carbocycles. The highest BCUT2D eigenvalue weighted by atomic mass is 127. The van der Waals surface area contributed by atoms with Gasteiger partial charge in [-0.2, -0.15) is 4.37 Å². The molecule has 0 aliphatic rings. The van der Waals surface area contributed by atoms with Crippen LogP contribution in [0.5, 0.6) is 0 Å². The highest BCUT2D eigenvalue weighted by Gasteiger charge is 2.13. The van der Waals surface area contributed by atoms with Crippen molar-refractivity contribution in [1.29, 1.82) is 0 Å². The molecule has 0 amide bonds. The first kappa shape index (κ1) is 9.38. The fraction of sp³-hybridized carbons (Fsp3) is 0.714. The standard InChI is InChI=1S/C7H11IN2S/c1-4(2)5(3)6-9-7(8)10-11-6/h4-5H,1-3H3. The molecule has 0 saturated heterocycles. The molecule has 1 atom stereocenters. The summed E-state index contributed by atoms with van der Waals surface area (Å²) in [4.78, 5) is 4.33. The smallest absolute Gasteiger partial charge is 0.203 e. The quantitative estimate of drug-likeness (QED) is 0.779. The molecule has 11 heavy (non-hydrogen) atoms. The maximum Gasteiger partial charge on any atom is 0.203 e. The predicted octanol–water partition coefficient (Wildman–Crippen LogP) is 2.90. The van der Waals surface area contributed by atoms with E-state index in [1.807, 2.05) is 0 Å². The van der Waals surface area contributed by atoms with Crippen LogP contribution in [0.1, 0.15) is 31.7 Å². The van der Waals surface area contributed by atoms with Crippen LogP contribution >= 0.6 is 34.1 Å².